The third kappa shape index (κ3) is 3.15. The van der Waals surface area contributed by atoms with Crippen molar-refractivity contribution in [2.24, 2.45) is 0 Å². The summed E-state index contributed by atoms with van der Waals surface area (Å²) in [6.07, 6.45) is 6.27. The number of rotatable bonds is 3. The Morgan fingerprint density at radius 1 is 1.00 bits per heavy atom. The summed E-state index contributed by atoms with van der Waals surface area (Å²) in [6, 6.07) is 12.8. The summed E-state index contributed by atoms with van der Waals surface area (Å²) >= 11 is 5.97. The van der Waals surface area contributed by atoms with Crippen molar-refractivity contribution < 1.29 is 4.79 Å². The molecule has 2 aromatic carbocycles. The van der Waals surface area contributed by atoms with Crippen LogP contribution < -0.4 is 0 Å². The molecule has 4 heteroatoms. The van der Waals surface area contributed by atoms with E-state index < -0.39 is 0 Å². The van der Waals surface area contributed by atoms with Crippen LogP contribution in [0.25, 0.3) is 23.1 Å². The molecule has 0 fully saturated rings. The predicted octanol–water partition coefficient (Wildman–Crippen LogP) is 4.27. The van der Waals surface area contributed by atoms with E-state index in [0.29, 0.717) is 16.4 Å². The van der Waals surface area contributed by atoms with E-state index in [0.717, 1.165) is 22.8 Å². The lowest BCUT2D eigenvalue weighted by atomic mass is 10.1. The average molecular weight is 295 g/mol. The quantitative estimate of drug-likeness (QED) is 0.678. The van der Waals surface area contributed by atoms with Gasteiger partial charge in [-0.3, -0.25) is 4.79 Å². The number of halogens is 1. The molecule has 0 radical (unpaired) electrons. The highest BCUT2D eigenvalue weighted by molar-refractivity contribution is 6.31. The number of hydrogen-bond donors (Lipinski definition) is 0. The molecule has 3 aromatic rings. The van der Waals surface area contributed by atoms with Gasteiger partial charge in [0.1, 0.15) is 6.29 Å². The lowest BCUT2D eigenvalue weighted by molar-refractivity contribution is 0.112. The first-order chi connectivity index (χ1) is 10.2. The number of fused-ring (bicyclic) bond motifs is 1. The molecule has 0 atom stereocenters. The topological polar surface area (TPSA) is 42.9 Å². The van der Waals surface area contributed by atoms with Crippen LogP contribution in [0.2, 0.25) is 5.02 Å². The van der Waals surface area contributed by atoms with Crippen LogP contribution in [0, 0.1) is 0 Å². The summed E-state index contributed by atoms with van der Waals surface area (Å²) in [5, 5.41) is 1.59. The van der Waals surface area contributed by atoms with Gasteiger partial charge in [0.05, 0.1) is 5.52 Å². The zero-order valence-corrected chi connectivity index (χ0v) is 11.8. The monoisotopic (exact) mass is 294 g/mol. The molecule has 21 heavy (non-hydrogen) atoms. The lowest BCUT2D eigenvalue weighted by Crippen LogP contribution is -1.88. The summed E-state index contributed by atoms with van der Waals surface area (Å²) in [4.78, 5) is 19.5. The fourth-order valence-corrected chi connectivity index (χ4v) is 2.16. The van der Waals surface area contributed by atoms with E-state index in [4.69, 9.17) is 11.6 Å². The van der Waals surface area contributed by atoms with Gasteiger partial charge in [0, 0.05) is 22.2 Å². The summed E-state index contributed by atoms with van der Waals surface area (Å²) in [7, 11) is 0. The van der Waals surface area contributed by atoms with Crippen molar-refractivity contribution in [1.82, 2.24) is 9.97 Å². The summed E-state index contributed by atoms with van der Waals surface area (Å²) in [5.41, 5.74) is 2.37. The van der Waals surface area contributed by atoms with Crippen LogP contribution in [-0.2, 0) is 0 Å². The highest BCUT2D eigenvalue weighted by atomic mass is 35.5. The van der Waals surface area contributed by atoms with Gasteiger partial charge in [-0.25, -0.2) is 9.97 Å². The van der Waals surface area contributed by atoms with E-state index in [9.17, 15) is 4.79 Å². The maximum absolute atomic E-state index is 10.8. The maximum Gasteiger partial charge on any atom is 0.152 e. The van der Waals surface area contributed by atoms with Crippen LogP contribution in [0.15, 0.2) is 48.7 Å². The second-order valence-corrected chi connectivity index (χ2v) is 4.99. The second kappa shape index (κ2) is 5.85. The van der Waals surface area contributed by atoms with Crippen LogP contribution >= 0.6 is 11.6 Å². The molecule has 0 unspecified atom stereocenters. The van der Waals surface area contributed by atoms with Crippen LogP contribution in [-0.4, -0.2) is 16.3 Å². The molecular weight excluding hydrogens is 284 g/mol. The zero-order chi connectivity index (χ0) is 14.7. The van der Waals surface area contributed by atoms with Gasteiger partial charge in [0.2, 0.25) is 0 Å². The SMILES string of the molecule is O=Cc1cccc(C=Cc2ncc3ccc(Cl)cc3n2)c1. The first-order valence-corrected chi connectivity index (χ1v) is 6.78. The molecule has 1 heterocycles. The molecule has 3 rings (SSSR count). The Bertz CT molecular complexity index is 843. The number of nitrogens with zero attached hydrogens (tertiary/aromatic N) is 2. The smallest absolute Gasteiger partial charge is 0.152 e. The Kier molecular flexibility index (Phi) is 3.75. The van der Waals surface area contributed by atoms with Crippen molar-refractivity contribution in [1.29, 1.82) is 0 Å². The highest BCUT2D eigenvalue weighted by Crippen LogP contribution is 2.17. The zero-order valence-electron chi connectivity index (χ0n) is 11.0. The van der Waals surface area contributed by atoms with E-state index in [-0.39, 0.29) is 0 Å². The van der Waals surface area contributed by atoms with Crippen molar-refractivity contribution in [3.8, 4) is 0 Å². The molecule has 0 aliphatic rings. The Morgan fingerprint density at radius 2 is 1.86 bits per heavy atom. The van der Waals surface area contributed by atoms with Gasteiger partial charge < -0.3 is 0 Å². The van der Waals surface area contributed by atoms with E-state index >= 15 is 0 Å². The average Bonchev–Trinajstić information content (AvgIpc) is 2.52. The predicted molar refractivity (Wildman–Crippen MR) is 85.3 cm³/mol. The molecule has 0 aliphatic carbocycles. The molecule has 0 saturated heterocycles. The Labute approximate surface area is 126 Å². The largest absolute Gasteiger partial charge is 0.298 e. The molecule has 0 amide bonds. The van der Waals surface area contributed by atoms with Crippen molar-refractivity contribution >= 4 is 40.9 Å². The molecule has 0 aliphatic heterocycles. The standard InChI is InChI=1S/C17H11ClN2O/c18-15-6-5-14-10-19-17(20-16(14)9-15)7-4-12-2-1-3-13(8-12)11-21/h1-11H. The Balaban J connectivity index is 1.93. The van der Waals surface area contributed by atoms with Crippen LogP contribution in [0.5, 0.6) is 0 Å². The first-order valence-electron chi connectivity index (χ1n) is 6.40. The van der Waals surface area contributed by atoms with E-state index in [1.54, 1.807) is 18.3 Å². The minimum Gasteiger partial charge on any atom is -0.298 e. The second-order valence-electron chi connectivity index (χ2n) is 4.55. The van der Waals surface area contributed by atoms with Gasteiger partial charge in [-0.05, 0) is 35.9 Å². The van der Waals surface area contributed by atoms with Gasteiger partial charge in [-0.15, -0.1) is 0 Å². The Morgan fingerprint density at radius 3 is 2.71 bits per heavy atom. The lowest BCUT2D eigenvalue weighted by Gasteiger charge is -1.99. The van der Waals surface area contributed by atoms with Crippen molar-refractivity contribution in [2.45, 2.75) is 0 Å². The number of carbonyl (C=O) groups excluding carboxylic acids is 1. The Hall–Kier alpha value is -2.52. The van der Waals surface area contributed by atoms with Crippen molar-refractivity contribution in [3.05, 3.63) is 70.6 Å². The van der Waals surface area contributed by atoms with Gasteiger partial charge in [-0.1, -0.05) is 35.9 Å². The fourth-order valence-electron chi connectivity index (χ4n) is 2.00. The first kappa shape index (κ1) is 13.5. The third-order valence-corrected chi connectivity index (χ3v) is 3.27. The van der Waals surface area contributed by atoms with Crippen LogP contribution in [0.4, 0.5) is 0 Å². The molecule has 0 spiro atoms. The molecule has 1 aromatic heterocycles. The normalized spacial score (nSPS) is 11.1. The van der Waals surface area contributed by atoms with Gasteiger partial charge in [0.15, 0.2) is 5.82 Å². The fraction of sp³-hybridized carbons (Fsp3) is 0. The van der Waals surface area contributed by atoms with Gasteiger partial charge >= 0.3 is 0 Å². The minimum atomic E-state index is 0.598. The van der Waals surface area contributed by atoms with Crippen LogP contribution in [0.3, 0.4) is 0 Å². The van der Waals surface area contributed by atoms with Gasteiger partial charge in [-0.2, -0.15) is 0 Å². The van der Waals surface area contributed by atoms with Crippen LogP contribution in [0.1, 0.15) is 21.7 Å². The molecular formula is C17H11ClN2O. The number of hydrogen-bond acceptors (Lipinski definition) is 3. The van der Waals surface area contributed by atoms with Crippen molar-refractivity contribution in [3.63, 3.8) is 0 Å². The number of carbonyl (C=O) groups is 1. The summed E-state index contributed by atoms with van der Waals surface area (Å²) in [6.45, 7) is 0. The summed E-state index contributed by atoms with van der Waals surface area (Å²) < 4.78 is 0. The van der Waals surface area contributed by atoms with Crippen molar-refractivity contribution in [2.75, 3.05) is 0 Å². The molecule has 0 saturated carbocycles. The summed E-state index contributed by atoms with van der Waals surface area (Å²) in [5.74, 6) is 0.598. The molecule has 102 valence electrons. The highest BCUT2D eigenvalue weighted by Gasteiger charge is 1.99. The number of aldehydes is 1. The third-order valence-electron chi connectivity index (χ3n) is 3.04. The minimum absolute atomic E-state index is 0.598. The number of aromatic nitrogens is 2. The van der Waals surface area contributed by atoms with Gasteiger partial charge in [0.25, 0.3) is 0 Å². The van der Waals surface area contributed by atoms with E-state index in [1.165, 1.54) is 0 Å². The molecule has 3 nitrogen and oxygen atoms in total. The van der Waals surface area contributed by atoms with E-state index in [1.807, 2.05) is 42.5 Å². The molecule has 0 bridgehead atoms. The maximum atomic E-state index is 10.8. The number of benzene rings is 2. The molecule has 0 N–H and O–H groups in total. The van der Waals surface area contributed by atoms with E-state index in [2.05, 4.69) is 9.97 Å².